The lowest BCUT2D eigenvalue weighted by Crippen LogP contribution is -2.12. The number of hydrogen-bond acceptors (Lipinski definition) is 5. The number of methoxy groups -OCH3 is 1. The fourth-order valence-electron chi connectivity index (χ4n) is 2.27. The first-order valence-electron chi connectivity index (χ1n) is 6.65. The van der Waals surface area contributed by atoms with Gasteiger partial charge in [0, 0.05) is 5.39 Å². The zero-order valence-corrected chi connectivity index (χ0v) is 12.6. The van der Waals surface area contributed by atoms with Gasteiger partial charge < -0.3 is 4.74 Å². The van der Waals surface area contributed by atoms with Crippen molar-refractivity contribution in [1.82, 2.24) is 4.98 Å². The molecule has 108 valence electrons. The first-order chi connectivity index (χ1) is 10.7. The summed E-state index contributed by atoms with van der Waals surface area (Å²) in [6.07, 6.45) is 0. The molecular weight excluding hydrogens is 296 g/mol. The summed E-state index contributed by atoms with van der Waals surface area (Å²) in [5.74, 6) is -0.717. The zero-order chi connectivity index (χ0) is 15.5. The Morgan fingerprint density at radius 1 is 1.27 bits per heavy atom. The maximum Gasteiger partial charge on any atom is 0.199 e. The number of hydrogen-bond donors (Lipinski definition) is 0. The van der Waals surface area contributed by atoms with Crippen LogP contribution in [0.25, 0.3) is 10.9 Å². The van der Waals surface area contributed by atoms with E-state index < -0.39 is 5.92 Å². The van der Waals surface area contributed by atoms with Crippen molar-refractivity contribution in [2.75, 3.05) is 7.11 Å². The van der Waals surface area contributed by atoms with Crippen molar-refractivity contribution < 1.29 is 9.53 Å². The van der Waals surface area contributed by atoms with E-state index in [9.17, 15) is 10.1 Å². The van der Waals surface area contributed by atoms with Crippen molar-refractivity contribution in [3.8, 4) is 11.8 Å². The van der Waals surface area contributed by atoms with Gasteiger partial charge in [0.05, 0.1) is 24.4 Å². The molecule has 0 fully saturated rings. The molecule has 0 unspecified atom stereocenters. The molecule has 0 radical (unpaired) electrons. The maximum atomic E-state index is 12.6. The Labute approximate surface area is 131 Å². The molecule has 22 heavy (non-hydrogen) atoms. The van der Waals surface area contributed by atoms with Gasteiger partial charge in [0.1, 0.15) is 10.6 Å². The number of aromatic nitrogens is 1. The van der Waals surface area contributed by atoms with Gasteiger partial charge in [0.15, 0.2) is 11.7 Å². The van der Waals surface area contributed by atoms with Crippen LogP contribution in [0.4, 0.5) is 0 Å². The SMILES string of the molecule is COc1ccsc1C(=O)[C@H](C#N)c1ccc2ccccc2n1. The summed E-state index contributed by atoms with van der Waals surface area (Å²) in [6.45, 7) is 0. The minimum Gasteiger partial charge on any atom is -0.495 e. The van der Waals surface area contributed by atoms with Crippen molar-refractivity contribution in [3.63, 3.8) is 0 Å². The monoisotopic (exact) mass is 308 g/mol. The Morgan fingerprint density at radius 3 is 2.86 bits per heavy atom. The molecule has 0 saturated heterocycles. The van der Waals surface area contributed by atoms with Crippen molar-refractivity contribution in [2.45, 2.75) is 5.92 Å². The van der Waals surface area contributed by atoms with Crippen LogP contribution in [0.1, 0.15) is 21.3 Å². The molecule has 1 atom stereocenters. The minimum atomic E-state index is -0.933. The number of ether oxygens (including phenoxy) is 1. The summed E-state index contributed by atoms with van der Waals surface area (Å²) >= 11 is 1.27. The number of benzene rings is 1. The Balaban J connectivity index is 2.03. The molecule has 3 rings (SSSR count). The molecule has 4 nitrogen and oxygen atoms in total. The molecule has 2 aromatic heterocycles. The molecular formula is C17H12N2O2S. The smallest absolute Gasteiger partial charge is 0.199 e. The van der Waals surface area contributed by atoms with Crippen molar-refractivity contribution >= 4 is 28.0 Å². The highest BCUT2D eigenvalue weighted by Crippen LogP contribution is 2.30. The maximum absolute atomic E-state index is 12.6. The standard InChI is InChI=1S/C17H12N2O2S/c1-21-15-8-9-22-17(15)16(20)12(10-18)14-7-6-11-4-2-3-5-13(11)19-14/h2-9,12H,1H3/t12-/m1/s1. The van der Waals surface area contributed by atoms with Crippen LogP contribution in [0, 0.1) is 11.3 Å². The fourth-order valence-corrected chi connectivity index (χ4v) is 3.10. The number of thiophene rings is 1. The quantitative estimate of drug-likeness (QED) is 0.688. The number of para-hydroxylation sites is 1. The van der Waals surface area contributed by atoms with Crippen molar-refractivity contribution in [3.05, 3.63) is 58.4 Å². The van der Waals surface area contributed by atoms with E-state index in [0.29, 0.717) is 16.3 Å². The number of nitriles is 1. The van der Waals surface area contributed by atoms with Gasteiger partial charge in [-0.15, -0.1) is 11.3 Å². The molecule has 0 saturated carbocycles. The third-order valence-corrected chi connectivity index (χ3v) is 4.29. The molecule has 0 amide bonds. The second kappa shape index (κ2) is 5.96. The van der Waals surface area contributed by atoms with Gasteiger partial charge in [-0.1, -0.05) is 24.3 Å². The zero-order valence-electron chi connectivity index (χ0n) is 11.8. The van der Waals surface area contributed by atoms with Gasteiger partial charge in [0.2, 0.25) is 0 Å². The molecule has 0 bridgehead atoms. The van der Waals surface area contributed by atoms with Crippen LogP contribution in [0.3, 0.4) is 0 Å². The molecule has 3 aromatic rings. The highest BCUT2D eigenvalue weighted by Gasteiger charge is 2.27. The number of carbonyl (C=O) groups is 1. The number of fused-ring (bicyclic) bond motifs is 1. The lowest BCUT2D eigenvalue weighted by Gasteiger charge is -2.09. The van der Waals surface area contributed by atoms with Crippen LogP contribution in [-0.2, 0) is 0 Å². The van der Waals surface area contributed by atoms with Crippen LogP contribution < -0.4 is 4.74 Å². The number of nitrogens with zero attached hydrogens (tertiary/aromatic N) is 2. The number of pyridine rings is 1. The van der Waals surface area contributed by atoms with Crippen LogP contribution in [0.15, 0.2) is 47.8 Å². The Bertz CT molecular complexity index is 879. The first-order valence-corrected chi connectivity index (χ1v) is 7.53. The average molecular weight is 308 g/mol. The number of carbonyl (C=O) groups excluding carboxylic acids is 1. The summed E-state index contributed by atoms with van der Waals surface area (Å²) in [6, 6.07) is 15.0. The van der Waals surface area contributed by atoms with Crippen LogP contribution >= 0.6 is 11.3 Å². The van der Waals surface area contributed by atoms with E-state index in [1.165, 1.54) is 18.4 Å². The predicted octanol–water partition coefficient (Wildman–Crippen LogP) is 3.79. The van der Waals surface area contributed by atoms with Crippen molar-refractivity contribution in [2.24, 2.45) is 0 Å². The van der Waals surface area contributed by atoms with E-state index in [1.807, 2.05) is 30.3 Å². The lowest BCUT2D eigenvalue weighted by atomic mass is 9.99. The molecule has 0 aliphatic rings. The van der Waals surface area contributed by atoms with E-state index in [0.717, 1.165) is 10.9 Å². The third-order valence-electron chi connectivity index (χ3n) is 3.38. The molecule has 0 aliphatic heterocycles. The van der Waals surface area contributed by atoms with Gasteiger partial charge in [-0.05, 0) is 23.6 Å². The van der Waals surface area contributed by atoms with Gasteiger partial charge in [-0.25, -0.2) is 0 Å². The number of ketones is 1. The topological polar surface area (TPSA) is 63.0 Å². The molecule has 5 heteroatoms. The normalized spacial score (nSPS) is 11.8. The molecule has 0 aliphatic carbocycles. The number of Topliss-reactive ketones (excluding diaryl/α,β-unsaturated/α-hetero) is 1. The van der Waals surface area contributed by atoms with Gasteiger partial charge >= 0.3 is 0 Å². The summed E-state index contributed by atoms with van der Waals surface area (Å²) in [7, 11) is 1.51. The third kappa shape index (κ3) is 2.45. The highest BCUT2D eigenvalue weighted by molar-refractivity contribution is 7.12. The predicted molar refractivity (Wildman–Crippen MR) is 85.3 cm³/mol. The van der Waals surface area contributed by atoms with Gasteiger partial charge in [0.25, 0.3) is 0 Å². The van der Waals surface area contributed by atoms with E-state index in [-0.39, 0.29) is 5.78 Å². The second-order valence-electron chi connectivity index (χ2n) is 4.67. The van der Waals surface area contributed by atoms with Crippen LogP contribution in [-0.4, -0.2) is 17.9 Å². The van der Waals surface area contributed by atoms with E-state index in [2.05, 4.69) is 11.1 Å². The van der Waals surface area contributed by atoms with E-state index in [4.69, 9.17) is 4.74 Å². The van der Waals surface area contributed by atoms with Crippen LogP contribution in [0.2, 0.25) is 0 Å². The number of rotatable bonds is 4. The summed E-state index contributed by atoms with van der Waals surface area (Å²) in [5, 5.41) is 12.2. The highest BCUT2D eigenvalue weighted by atomic mass is 32.1. The van der Waals surface area contributed by atoms with E-state index >= 15 is 0 Å². The van der Waals surface area contributed by atoms with Gasteiger partial charge in [-0.3, -0.25) is 9.78 Å². The molecule has 0 spiro atoms. The lowest BCUT2D eigenvalue weighted by molar-refractivity contribution is 0.0979. The van der Waals surface area contributed by atoms with Crippen LogP contribution in [0.5, 0.6) is 5.75 Å². The molecule has 1 aromatic carbocycles. The largest absolute Gasteiger partial charge is 0.495 e. The first kappa shape index (κ1) is 14.2. The Morgan fingerprint density at radius 2 is 2.09 bits per heavy atom. The summed E-state index contributed by atoms with van der Waals surface area (Å²) in [4.78, 5) is 17.5. The fraction of sp³-hybridized carbons (Fsp3) is 0.118. The van der Waals surface area contributed by atoms with E-state index in [1.54, 1.807) is 17.5 Å². The second-order valence-corrected chi connectivity index (χ2v) is 5.59. The minimum absolute atomic E-state index is 0.280. The van der Waals surface area contributed by atoms with Crippen molar-refractivity contribution in [1.29, 1.82) is 5.26 Å². The Hall–Kier alpha value is -2.71. The van der Waals surface area contributed by atoms with Gasteiger partial charge in [-0.2, -0.15) is 5.26 Å². The molecule has 2 heterocycles. The molecule has 0 N–H and O–H groups in total. The average Bonchev–Trinajstić information content (AvgIpc) is 3.04. The Kier molecular flexibility index (Phi) is 3.86. The summed E-state index contributed by atoms with van der Waals surface area (Å²) in [5.41, 5.74) is 1.23. The summed E-state index contributed by atoms with van der Waals surface area (Å²) < 4.78 is 5.17.